The highest BCUT2D eigenvalue weighted by Gasteiger charge is 2.16. The predicted molar refractivity (Wildman–Crippen MR) is 66.7 cm³/mol. The van der Waals surface area contributed by atoms with E-state index in [0.717, 1.165) is 19.4 Å². The molecule has 1 rings (SSSR count). The Hall–Kier alpha value is -1.52. The molecule has 1 heterocycles. The number of anilines is 1. The Balaban J connectivity index is 2.77. The van der Waals surface area contributed by atoms with Gasteiger partial charge >= 0.3 is 5.97 Å². The highest BCUT2D eigenvalue weighted by atomic mass is 16.5. The molecule has 5 heteroatoms. The minimum Gasteiger partial charge on any atom is -0.461 e. The molecular weight excluding hydrogens is 218 g/mol. The molecule has 0 fully saturated rings. The van der Waals surface area contributed by atoms with Gasteiger partial charge in [0, 0.05) is 12.7 Å². The third-order valence-electron chi connectivity index (χ3n) is 2.86. The number of hydrogen-bond acceptors (Lipinski definition) is 4. The van der Waals surface area contributed by atoms with E-state index in [1.165, 1.54) is 0 Å². The SMILES string of the molecule is CCOC(=O)c1nn(CC(CC)CC)cc1N. The first-order valence-electron chi connectivity index (χ1n) is 6.12. The molecule has 96 valence electrons. The molecule has 0 aliphatic carbocycles. The highest BCUT2D eigenvalue weighted by molar-refractivity contribution is 5.92. The number of ether oxygens (including phenoxy) is 1. The minimum atomic E-state index is -0.451. The summed E-state index contributed by atoms with van der Waals surface area (Å²) < 4.78 is 6.62. The van der Waals surface area contributed by atoms with E-state index in [4.69, 9.17) is 10.5 Å². The number of carbonyl (C=O) groups is 1. The summed E-state index contributed by atoms with van der Waals surface area (Å²) in [5.74, 6) is 0.109. The van der Waals surface area contributed by atoms with Gasteiger partial charge in [-0.1, -0.05) is 26.7 Å². The van der Waals surface area contributed by atoms with Gasteiger partial charge in [0.15, 0.2) is 5.69 Å². The van der Waals surface area contributed by atoms with E-state index in [-0.39, 0.29) is 5.69 Å². The van der Waals surface area contributed by atoms with Gasteiger partial charge in [0.05, 0.1) is 12.3 Å². The summed E-state index contributed by atoms with van der Waals surface area (Å²) in [6.07, 6.45) is 3.88. The highest BCUT2D eigenvalue weighted by Crippen LogP contribution is 2.15. The van der Waals surface area contributed by atoms with Gasteiger partial charge in [-0.2, -0.15) is 5.10 Å². The maximum absolute atomic E-state index is 11.5. The number of nitrogens with zero attached hydrogens (tertiary/aromatic N) is 2. The Morgan fingerprint density at radius 3 is 2.65 bits per heavy atom. The lowest BCUT2D eigenvalue weighted by atomic mass is 10.0. The summed E-state index contributed by atoms with van der Waals surface area (Å²) >= 11 is 0. The second kappa shape index (κ2) is 6.27. The summed E-state index contributed by atoms with van der Waals surface area (Å²) in [6, 6.07) is 0. The second-order valence-corrected chi connectivity index (χ2v) is 4.06. The number of aromatic nitrogens is 2. The molecule has 0 spiro atoms. The zero-order valence-electron chi connectivity index (χ0n) is 10.8. The van der Waals surface area contributed by atoms with E-state index in [2.05, 4.69) is 18.9 Å². The molecule has 0 unspecified atom stereocenters. The van der Waals surface area contributed by atoms with Crippen LogP contribution in [0.1, 0.15) is 44.1 Å². The van der Waals surface area contributed by atoms with Crippen molar-refractivity contribution in [2.75, 3.05) is 12.3 Å². The van der Waals surface area contributed by atoms with E-state index in [9.17, 15) is 4.79 Å². The molecule has 0 saturated heterocycles. The van der Waals surface area contributed by atoms with E-state index in [0.29, 0.717) is 18.2 Å². The lowest BCUT2D eigenvalue weighted by Crippen LogP contribution is -2.12. The third kappa shape index (κ3) is 3.47. The first-order chi connectivity index (χ1) is 8.12. The van der Waals surface area contributed by atoms with Crippen LogP contribution in [0.15, 0.2) is 6.20 Å². The molecule has 0 saturated carbocycles. The zero-order chi connectivity index (χ0) is 12.8. The van der Waals surface area contributed by atoms with Crippen LogP contribution in [0.3, 0.4) is 0 Å². The van der Waals surface area contributed by atoms with Gasteiger partial charge in [-0.3, -0.25) is 4.68 Å². The van der Waals surface area contributed by atoms with Gasteiger partial charge in [-0.25, -0.2) is 4.79 Å². The van der Waals surface area contributed by atoms with Gasteiger partial charge < -0.3 is 10.5 Å². The summed E-state index contributed by atoms with van der Waals surface area (Å²) in [7, 11) is 0. The fourth-order valence-electron chi connectivity index (χ4n) is 1.70. The maximum atomic E-state index is 11.5. The summed E-state index contributed by atoms with van der Waals surface area (Å²) in [4.78, 5) is 11.5. The summed E-state index contributed by atoms with van der Waals surface area (Å²) in [5.41, 5.74) is 6.35. The van der Waals surface area contributed by atoms with Crippen LogP contribution < -0.4 is 5.73 Å². The van der Waals surface area contributed by atoms with Crippen LogP contribution in [0.5, 0.6) is 0 Å². The summed E-state index contributed by atoms with van der Waals surface area (Å²) in [5, 5.41) is 4.18. The molecule has 17 heavy (non-hydrogen) atoms. The van der Waals surface area contributed by atoms with Crippen molar-refractivity contribution in [2.24, 2.45) is 5.92 Å². The maximum Gasteiger partial charge on any atom is 0.361 e. The smallest absolute Gasteiger partial charge is 0.361 e. The third-order valence-corrected chi connectivity index (χ3v) is 2.86. The Morgan fingerprint density at radius 1 is 1.47 bits per heavy atom. The number of nitrogen functional groups attached to an aromatic ring is 1. The fraction of sp³-hybridized carbons (Fsp3) is 0.667. The Morgan fingerprint density at radius 2 is 2.12 bits per heavy atom. The van der Waals surface area contributed by atoms with E-state index < -0.39 is 5.97 Å². The van der Waals surface area contributed by atoms with Crippen molar-refractivity contribution in [1.82, 2.24) is 9.78 Å². The van der Waals surface area contributed by atoms with Gasteiger partial charge in [0.1, 0.15) is 0 Å². The molecule has 0 aliphatic rings. The Kier molecular flexibility index (Phi) is 5.00. The van der Waals surface area contributed by atoms with Crippen molar-refractivity contribution in [3.05, 3.63) is 11.9 Å². The molecule has 0 radical (unpaired) electrons. The van der Waals surface area contributed by atoms with Gasteiger partial charge in [-0.15, -0.1) is 0 Å². The van der Waals surface area contributed by atoms with Gasteiger partial charge in [0.25, 0.3) is 0 Å². The molecule has 0 bridgehead atoms. The standard InChI is InChI=1S/C12H21N3O2/c1-4-9(5-2)7-15-8-10(13)11(14-15)12(16)17-6-3/h8-9H,4-7,13H2,1-3H3. The number of hydrogen-bond donors (Lipinski definition) is 1. The van der Waals surface area contributed by atoms with Crippen LogP contribution in [0, 0.1) is 5.92 Å². The molecule has 1 aromatic heterocycles. The van der Waals surface area contributed by atoms with E-state index >= 15 is 0 Å². The molecule has 0 aromatic carbocycles. The number of rotatable bonds is 6. The number of esters is 1. The van der Waals surface area contributed by atoms with Crippen molar-refractivity contribution < 1.29 is 9.53 Å². The molecule has 0 amide bonds. The average Bonchev–Trinajstić information content (AvgIpc) is 2.67. The van der Waals surface area contributed by atoms with Crippen LogP contribution in [0.25, 0.3) is 0 Å². The fourth-order valence-corrected chi connectivity index (χ4v) is 1.70. The van der Waals surface area contributed by atoms with Crippen molar-refractivity contribution >= 4 is 11.7 Å². The van der Waals surface area contributed by atoms with Crippen molar-refractivity contribution in [2.45, 2.75) is 40.2 Å². The van der Waals surface area contributed by atoms with Crippen molar-refractivity contribution in [1.29, 1.82) is 0 Å². The first kappa shape index (κ1) is 13.5. The van der Waals surface area contributed by atoms with Crippen LogP contribution in [-0.2, 0) is 11.3 Å². The summed E-state index contributed by atoms with van der Waals surface area (Å²) in [6.45, 7) is 7.17. The first-order valence-corrected chi connectivity index (χ1v) is 6.12. The zero-order valence-corrected chi connectivity index (χ0v) is 10.8. The van der Waals surface area contributed by atoms with Gasteiger partial charge in [-0.05, 0) is 12.8 Å². The van der Waals surface area contributed by atoms with E-state index in [1.54, 1.807) is 17.8 Å². The lowest BCUT2D eigenvalue weighted by Gasteiger charge is -2.11. The molecule has 0 atom stereocenters. The molecule has 1 aromatic rings. The van der Waals surface area contributed by atoms with Crippen LogP contribution >= 0.6 is 0 Å². The topological polar surface area (TPSA) is 70.1 Å². The average molecular weight is 239 g/mol. The lowest BCUT2D eigenvalue weighted by molar-refractivity contribution is 0.0519. The quantitative estimate of drug-likeness (QED) is 0.771. The molecule has 2 N–H and O–H groups in total. The van der Waals surface area contributed by atoms with Gasteiger partial charge in [0.2, 0.25) is 0 Å². The minimum absolute atomic E-state index is 0.220. The van der Waals surface area contributed by atoms with Crippen molar-refractivity contribution in [3.63, 3.8) is 0 Å². The van der Waals surface area contributed by atoms with Crippen LogP contribution in [0.2, 0.25) is 0 Å². The molecular formula is C12H21N3O2. The molecule has 5 nitrogen and oxygen atoms in total. The van der Waals surface area contributed by atoms with E-state index in [1.807, 2.05) is 0 Å². The predicted octanol–water partition coefficient (Wildman–Crippen LogP) is 2.08. The van der Waals surface area contributed by atoms with Crippen LogP contribution in [0.4, 0.5) is 5.69 Å². The van der Waals surface area contributed by atoms with Crippen LogP contribution in [-0.4, -0.2) is 22.4 Å². The number of nitrogens with two attached hydrogens (primary N) is 1. The Labute approximate surface area is 102 Å². The Bertz CT molecular complexity index is 370. The monoisotopic (exact) mass is 239 g/mol. The largest absolute Gasteiger partial charge is 0.461 e. The van der Waals surface area contributed by atoms with Crippen molar-refractivity contribution in [3.8, 4) is 0 Å². The second-order valence-electron chi connectivity index (χ2n) is 4.06. The molecule has 0 aliphatic heterocycles. The number of carbonyl (C=O) groups excluding carboxylic acids is 1. The normalized spacial score (nSPS) is 10.8.